The normalized spacial score (nSPS) is 10.8. The van der Waals surface area contributed by atoms with Crippen LogP contribution in [0.4, 0.5) is 0 Å². The Labute approximate surface area is 96.4 Å². The van der Waals surface area contributed by atoms with Crippen molar-refractivity contribution in [1.82, 2.24) is 0 Å². The molecule has 15 heavy (non-hydrogen) atoms. The van der Waals surface area contributed by atoms with Crippen LogP contribution in [0.3, 0.4) is 0 Å². The lowest BCUT2D eigenvalue weighted by Gasteiger charge is -2.13. The maximum Gasteiger partial charge on any atom is 0.124 e. The molecule has 2 N–H and O–H groups in total. The van der Waals surface area contributed by atoms with Gasteiger partial charge in [-0.05, 0) is 30.5 Å². The first-order valence-corrected chi connectivity index (χ1v) is 5.54. The predicted molar refractivity (Wildman–Crippen MR) is 64.4 cm³/mol. The van der Waals surface area contributed by atoms with E-state index < -0.39 is 0 Å². The Morgan fingerprint density at radius 1 is 1.40 bits per heavy atom. The fourth-order valence-corrected chi connectivity index (χ4v) is 1.43. The van der Waals surface area contributed by atoms with Crippen LogP contribution in [0.1, 0.15) is 25.0 Å². The SMILES string of the molecule is Cc1cc(OCC(C)C)c(CN)cc1Cl. The second kappa shape index (κ2) is 5.38. The largest absolute Gasteiger partial charge is 0.493 e. The van der Waals surface area contributed by atoms with Gasteiger partial charge in [-0.2, -0.15) is 0 Å². The summed E-state index contributed by atoms with van der Waals surface area (Å²) in [5.74, 6) is 1.36. The third kappa shape index (κ3) is 3.40. The van der Waals surface area contributed by atoms with Gasteiger partial charge in [0, 0.05) is 17.1 Å². The van der Waals surface area contributed by atoms with E-state index in [1.165, 1.54) is 0 Å². The molecule has 0 aliphatic carbocycles. The monoisotopic (exact) mass is 227 g/mol. The van der Waals surface area contributed by atoms with Gasteiger partial charge in [0.25, 0.3) is 0 Å². The Hall–Kier alpha value is -0.730. The number of benzene rings is 1. The molecule has 0 unspecified atom stereocenters. The highest BCUT2D eigenvalue weighted by Gasteiger charge is 2.07. The molecule has 0 aliphatic heterocycles. The summed E-state index contributed by atoms with van der Waals surface area (Å²) in [6.45, 7) is 7.35. The van der Waals surface area contributed by atoms with E-state index in [-0.39, 0.29) is 0 Å². The number of rotatable bonds is 4. The number of nitrogens with two attached hydrogens (primary N) is 1. The Morgan fingerprint density at radius 2 is 2.07 bits per heavy atom. The maximum atomic E-state index is 6.02. The van der Waals surface area contributed by atoms with Crippen molar-refractivity contribution in [2.75, 3.05) is 6.61 Å². The van der Waals surface area contributed by atoms with Gasteiger partial charge in [0.2, 0.25) is 0 Å². The third-order valence-corrected chi connectivity index (χ3v) is 2.54. The van der Waals surface area contributed by atoms with Crippen molar-refractivity contribution in [3.8, 4) is 5.75 Å². The van der Waals surface area contributed by atoms with E-state index in [2.05, 4.69) is 13.8 Å². The van der Waals surface area contributed by atoms with E-state index in [1.807, 2.05) is 19.1 Å². The number of aryl methyl sites for hydroxylation is 1. The molecule has 0 bridgehead atoms. The molecule has 0 fully saturated rings. The maximum absolute atomic E-state index is 6.02. The van der Waals surface area contributed by atoms with Gasteiger partial charge in [0.1, 0.15) is 5.75 Å². The molecule has 0 aliphatic rings. The van der Waals surface area contributed by atoms with E-state index >= 15 is 0 Å². The zero-order valence-electron chi connectivity index (χ0n) is 9.51. The van der Waals surface area contributed by atoms with Crippen molar-refractivity contribution < 1.29 is 4.74 Å². The van der Waals surface area contributed by atoms with Gasteiger partial charge in [0.05, 0.1) is 6.61 Å². The topological polar surface area (TPSA) is 35.2 Å². The number of ether oxygens (including phenoxy) is 1. The van der Waals surface area contributed by atoms with Gasteiger partial charge in [-0.25, -0.2) is 0 Å². The van der Waals surface area contributed by atoms with Crippen LogP contribution < -0.4 is 10.5 Å². The fourth-order valence-electron chi connectivity index (χ4n) is 1.25. The van der Waals surface area contributed by atoms with Crippen LogP contribution >= 0.6 is 11.6 Å². The molecular weight excluding hydrogens is 210 g/mol. The Morgan fingerprint density at radius 3 is 2.60 bits per heavy atom. The second-order valence-electron chi connectivity index (χ2n) is 4.12. The Bertz CT molecular complexity index is 337. The molecule has 0 spiro atoms. The fraction of sp³-hybridized carbons (Fsp3) is 0.500. The van der Waals surface area contributed by atoms with E-state index in [0.717, 1.165) is 21.9 Å². The lowest BCUT2D eigenvalue weighted by atomic mass is 10.1. The van der Waals surface area contributed by atoms with Crippen LogP contribution in [0, 0.1) is 12.8 Å². The van der Waals surface area contributed by atoms with E-state index in [9.17, 15) is 0 Å². The lowest BCUT2D eigenvalue weighted by molar-refractivity contribution is 0.268. The summed E-state index contributed by atoms with van der Waals surface area (Å²) >= 11 is 6.02. The minimum Gasteiger partial charge on any atom is -0.493 e. The van der Waals surface area contributed by atoms with Crippen molar-refractivity contribution in [1.29, 1.82) is 0 Å². The average Bonchev–Trinajstić information content (AvgIpc) is 2.19. The van der Waals surface area contributed by atoms with Gasteiger partial charge in [-0.1, -0.05) is 25.4 Å². The van der Waals surface area contributed by atoms with Gasteiger partial charge in [0.15, 0.2) is 0 Å². The van der Waals surface area contributed by atoms with Crippen LogP contribution in [0.25, 0.3) is 0 Å². The number of hydrogen-bond donors (Lipinski definition) is 1. The molecule has 0 saturated heterocycles. The summed E-state index contributed by atoms with van der Waals surface area (Å²) in [4.78, 5) is 0. The summed E-state index contributed by atoms with van der Waals surface area (Å²) < 4.78 is 5.69. The van der Waals surface area contributed by atoms with E-state index in [1.54, 1.807) is 0 Å². The highest BCUT2D eigenvalue weighted by Crippen LogP contribution is 2.26. The summed E-state index contributed by atoms with van der Waals surface area (Å²) in [6.07, 6.45) is 0. The van der Waals surface area contributed by atoms with Gasteiger partial charge >= 0.3 is 0 Å². The highest BCUT2D eigenvalue weighted by atomic mass is 35.5. The van der Waals surface area contributed by atoms with E-state index in [4.69, 9.17) is 22.1 Å². The first-order chi connectivity index (χ1) is 7.04. The number of halogens is 1. The summed E-state index contributed by atoms with van der Waals surface area (Å²) in [7, 11) is 0. The molecule has 2 nitrogen and oxygen atoms in total. The minimum atomic E-state index is 0.452. The van der Waals surface area contributed by atoms with Crippen molar-refractivity contribution >= 4 is 11.6 Å². The Balaban J connectivity index is 2.89. The lowest BCUT2D eigenvalue weighted by Crippen LogP contribution is -2.08. The molecule has 0 amide bonds. The van der Waals surface area contributed by atoms with Crippen molar-refractivity contribution in [3.63, 3.8) is 0 Å². The molecule has 84 valence electrons. The van der Waals surface area contributed by atoms with Crippen LogP contribution in [0.5, 0.6) is 5.75 Å². The van der Waals surface area contributed by atoms with Crippen LogP contribution in [-0.4, -0.2) is 6.61 Å². The second-order valence-corrected chi connectivity index (χ2v) is 4.53. The average molecular weight is 228 g/mol. The number of hydrogen-bond acceptors (Lipinski definition) is 2. The van der Waals surface area contributed by atoms with Gasteiger partial charge < -0.3 is 10.5 Å². The van der Waals surface area contributed by atoms with Crippen LogP contribution in [0.2, 0.25) is 5.02 Å². The molecular formula is C12H18ClNO. The summed E-state index contributed by atoms with van der Waals surface area (Å²) in [5.41, 5.74) is 7.62. The zero-order chi connectivity index (χ0) is 11.4. The Kier molecular flexibility index (Phi) is 4.43. The summed E-state index contributed by atoms with van der Waals surface area (Å²) in [6, 6.07) is 3.83. The molecule has 1 aromatic rings. The summed E-state index contributed by atoms with van der Waals surface area (Å²) in [5, 5.41) is 0.743. The highest BCUT2D eigenvalue weighted by molar-refractivity contribution is 6.31. The minimum absolute atomic E-state index is 0.452. The van der Waals surface area contributed by atoms with E-state index in [0.29, 0.717) is 19.1 Å². The molecule has 3 heteroatoms. The molecule has 0 atom stereocenters. The zero-order valence-corrected chi connectivity index (χ0v) is 10.3. The first-order valence-electron chi connectivity index (χ1n) is 5.16. The molecule has 0 aromatic heterocycles. The van der Waals surface area contributed by atoms with Crippen LogP contribution in [0.15, 0.2) is 12.1 Å². The van der Waals surface area contributed by atoms with Gasteiger partial charge in [-0.3, -0.25) is 0 Å². The standard InChI is InChI=1S/C12H18ClNO/c1-8(2)7-15-12-4-9(3)11(13)5-10(12)6-14/h4-5,8H,6-7,14H2,1-3H3. The smallest absolute Gasteiger partial charge is 0.124 e. The van der Waals surface area contributed by atoms with Gasteiger partial charge in [-0.15, -0.1) is 0 Å². The van der Waals surface area contributed by atoms with Crippen LogP contribution in [-0.2, 0) is 6.54 Å². The molecule has 1 rings (SSSR count). The van der Waals surface area contributed by atoms with Crippen molar-refractivity contribution in [3.05, 3.63) is 28.3 Å². The predicted octanol–water partition coefficient (Wildman–Crippen LogP) is 3.14. The molecule has 0 radical (unpaired) electrons. The van der Waals surface area contributed by atoms with Crippen molar-refractivity contribution in [2.45, 2.75) is 27.3 Å². The quantitative estimate of drug-likeness (QED) is 0.858. The first kappa shape index (κ1) is 12.3. The molecule has 0 heterocycles. The molecule has 1 aromatic carbocycles. The molecule has 0 saturated carbocycles. The van der Waals surface area contributed by atoms with Crippen molar-refractivity contribution in [2.24, 2.45) is 11.7 Å². The third-order valence-electron chi connectivity index (χ3n) is 2.13.